The molecule has 0 aliphatic carbocycles. The zero-order chi connectivity index (χ0) is 14.1. The van der Waals surface area contributed by atoms with Gasteiger partial charge in [0.2, 0.25) is 0 Å². The Bertz CT molecular complexity index is 663. The van der Waals surface area contributed by atoms with Crippen LogP contribution >= 0.6 is 11.8 Å². The number of benzene rings is 1. The summed E-state index contributed by atoms with van der Waals surface area (Å²) in [5, 5.41) is 4.11. The van der Waals surface area contributed by atoms with Gasteiger partial charge in [-0.15, -0.1) is 11.8 Å². The average molecular weight is 287 g/mol. The molecule has 0 spiro atoms. The van der Waals surface area contributed by atoms with Gasteiger partial charge in [0.1, 0.15) is 17.3 Å². The molecule has 0 amide bonds. The molecule has 0 atom stereocenters. The Kier molecular flexibility index (Phi) is 3.53. The number of likely N-dealkylation sites (N-methyl/N-ethyl adjacent to an activating group) is 1. The van der Waals surface area contributed by atoms with Crippen LogP contribution in [0.2, 0.25) is 0 Å². The molecule has 0 radical (unpaired) electrons. The van der Waals surface area contributed by atoms with Crippen LogP contribution in [0.3, 0.4) is 0 Å². The molecule has 4 nitrogen and oxygen atoms in total. The molecule has 1 aromatic heterocycles. The van der Waals surface area contributed by atoms with Gasteiger partial charge in [0.25, 0.3) is 0 Å². The molecule has 2 aromatic rings. The molecule has 0 unspecified atom stereocenters. The maximum atomic E-state index is 5.17. The summed E-state index contributed by atoms with van der Waals surface area (Å²) < 4.78 is 5.17. The summed E-state index contributed by atoms with van der Waals surface area (Å²) in [6.45, 7) is 3.78. The second-order valence-corrected chi connectivity index (χ2v) is 5.71. The number of hydrogen-bond acceptors (Lipinski definition) is 5. The van der Waals surface area contributed by atoms with Crippen molar-refractivity contribution in [2.75, 3.05) is 26.4 Å². The van der Waals surface area contributed by atoms with E-state index >= 15 is 0 Å². The SMILES string of the molecule is CSc1cc(C2=NCCN2C)ccc1-c1cc(C)on1. The lowest BCUT2D eigenvalue weighted by atomic mass is 10.1. The van der Waals surface area contributed by atoms with E-state index in [2.05, 4.69) is 46.6 Å². The highest BCUT2D eigenvalue weighted by Crippen LogP contribution is 2.31. The summed E-state index contributed by atoms with van der Waals surface area (Å²) in [6, 6.07) is 8.37. The first-order chi connectivity index (χ1) is 9.69. The Hall–Kier alpha value is -1.75. The second kappa shape index (κ2) is 5.32. The Balaban J connectivity index is 2.02. The molecule has 1 aliphatic heterocycles. The number of aliphatic imine (C=N–C) groups is 1. The number of nitrogens with zero attached hydrogens (tertiary/aromatic N) is 3. The number of aromatic nitrogens is 1. The molecule has 0 bridgehead atoms. The number of amidine groups is 1. The van der Waals surface area contributed by atoms with E-state index < -0.39 is 0 Å². The predicted octanol–water partition coefficient (Wildman–Crippen LogP) is 3.06. The highest BCUT2D eigenvalue weighted by atomic mass is 32.2. The average Bonchev–Trinajstić information content (AvgIpc) is 3.06. The molecule has 20 heavy (non-hydrogen) atoms. The van der Waals surface area contributed by atoms with Crippen molar-refractivity contribution in [3.05, 3.63) is 35.6 Å². The first-order valence-corrected chi connectivity index (χ1v) is 7.79. The van der Waals surface area contributed by atoms with Crippen LogP contribution in [0.5, 0.6) is 0 Å². The lowest BCUT2D eigenvalue weighted by molar-refractivity contribution is 0.399. The van der Waals surface area contributed by atoms with Crippen LogP contribution in [0.25, 0.3) is 11.3 Å². The molecule has 0 saturated carbocycles. The van der Waals surface area contributed by atoms with E-state index in [1.807, 2.05) is 13.0 Å². The summed E-state index contributed by atoms with van der Waals surface area (Å²) in [5.41, 5.74) is 3.16. The molecule has 1 aliphatic rings. The molecule has 5 heteroatoms. The monoisotopic (exact) mass is 287 g/mol. The van der Waals surface area contributed by atoms with E-state index in [1.54, 1.807) is 11.8 Å². The third-order valence-corrected chi connectivity index (χ3v) is 4.20. The van der Waals surface area contributed by atoms with E-state index in [0.717, 1.165) is 35.9 Å². The first kappa shape index (κ1) is 13.2. The van der Waals surface area contributed by atoms with E-state index in [0.29, 0.717) is 0 Å². The van der Waals surface area contributed by atoms with Crippen molar-refractivity contribution < 1.29 is 4.52 Å². The molecule has 1 aromatic carbocycles. The lowest BCUT2D eigenvalue weighted by Crippen LogP contribution is -2.23. The van der Waals surface area contributed by atoms with Crippen LogP contribution in [-0.2, 0) is 0 Å². The molecule has 2 heterocycles. The molecule has 104 valence electrons. The van der Waals surface area contributed by atoms with Gasteiger partial charge in [-0.1, -0.05) is 17.3 Å². The minimum atomic E-state index is 0.830. The molecular weight excluding hydrogens is 270 g/mol. The summed E-state index contributed by atoms with van der Waals surface area (Å²) in [5.74, 6) is 1.90. The van der Waals surface area contributed by atoms with Gasteiger partial charge in [0.05, 0.1) is 6.54 Å². The Morgan fingerprint density at radius 1 is 1.30 bits per heavy atom. The van der Waals surface area contributed by atoms with E-state index in [1.165, 1.54) is 10.5 Å². The van der Waals surface area contributed by atoms with E-state index in [9.17, 15) is 0 Å². The molecule has 0 N–H and O–H groups in total. The predicted molar refractivity (Wildman–Crippen MR) is 82.5 cm³/mol. The standard InChI is InChI=1S/C15H17N3OS/c1-10-8-13(17-19-10)12-5-4-11(9-14(12)20-3)15-16-6-7-18(15)2/h4-5,8-9H,6-7H2,1-3H3. The second-order valence-electron chi connectivity index (χ2n) is 4.86. The van der Waals surface area contributed by atoms with Crippen LogP contribution in [0, 0.1) is 6.92 Å². The van der Waals surface area contributed by atoms with Crippen LogP contribution in [0.1, 0.15) is 11.3 Å². The van der Waals surface area contributed by atoms with Gasteiger partial charge in [-0.05, 0) is 19.2 Å². The van der Waals surface area contributed by atoms with Crippen molar-refractivity contribution in [1.29, 1.82) is 0 Å². The van der Waals surface area contributed by atoms with Crippen LogP contribution in [-0.4, -0.2) is 42.3 Å². The Morgan fingerprint density at radius 3 is 2.75 bits per heavy atom. The van der Waals surface area contributed by atoms with Crippen molar-refractivity contribution in [2.24, 2.45) is 4.99 Å². The zero-order valence-corrected chi connectivity index (χ0v) is 12.7. The quantitative estimate of drug-likeness (QED) is 0.814. The van der Waals surface area contributed by atoms with Gasteiger partial charge in [0, 0.05) is 35.7 Å². The van der Waals surface area contributed by atoms with Gasteiger partial charge in [0.15, 0.2) is 0 Å². The van der Waals surface area contributed by atoms with Gasteiger partial charge < -0.3 is 9.42 Å². The maximum Gasteiger partial charge on any atom is 0.134 e. The van der Waals surface area contributed by atoms with Gasteiger partial charge in [-0.2, -0.15) is 0 Å². The fourth-order valence-electron chi connectivity index (χ4n) is 2.38. The third-order valence-electron chi connectivity index (χ3n) is 3.42. The van der Waals surface area contributed by atoms with Crippen molar-refractivity contribution in [3.63, 3.8) is 0 Å². The van der Waals surface area contributed by atoms with Crippen molar-refractivity contribution >= 4 is 17.6 Å². The van der Waals surface area contributed by atoms with Crippen LogP contribution in [0.4, 0.5) is 0 Å². The van der Waals surface area contributed by atoms with Crippen LogP contribution < -0.4 is 0 Å². The highest BCUT2D eigenvalue weighted by Gasteiger charge is 2.17. The summed E-state index contributed by atoms with van der Waals surface area (Å²) >= 11 is 1.72. The number of thioether (sulfide) groups is 1. The Morgan fingerprint density at radius 2 is 2.15 bits per heavy atom. The largest absolute Gasteiger partial charge is 0.361 e. The zero-order valence-electron chi connectivity index (χ0n) is 11.9. The van der Waals surface area contributed by atoms with E-state index in [-0.39, 0.29) is 0 Å². The molecule has 0 saturated heterocycles. The summed E-state index contributed by atoms with van der Waals surface area (Å²) in [6.07, 6.45) is 2.08. The fourth-order valence-corrected chi connectivity index (χ4v) is 3.02. The normalized spacial score (nSPS) is 14.8. The number of aryl methyl sites for hydroxylation is 1. The summed E-state index contributed by atoms with van der Waals surface area (Å²) in [4.78, 5) is 7.96. The summed E-state index contributed by atoms with van der Waals surface area (Å²) in [7, 11) is 2.08. The minimum Gasteiger partial charge on any atom is -0.361 e. The molecule has 3 rings (SSSR count). The Labute approximate surface area is 122 Å². The van der Waals surface area contributed by atoms with Crippen molar-refractivity contribution in [3.8, 4) is 11.3 Å². The minimum absolute atomic E-state index is 0.830. The lowest BCUT2D eigenvalue weighted by Gasteiger charge is -2.15. The molecule has 0 fully saturated rings. The number of rotatable bonds is 3. The van der Waals surface area contributed by atoms with E-state index in [4.69, 9.17) is 4.52 Å². The number of hydrogen-bond donors (Lipinski definition) is 0. The smallest absolute Gasteiger partial charge is 0.134 e. The van der Waals surface area contributed by atoms with Gasteiger partial charge in [-0.3, -0.25) is 4.99 Å². The third kappa shape index (κ3) is 2.33. The van der Waals surface area contributed by atoms with Crippen molar-refractivity contribution in [1.82, 2.24) is 10.1 Å². The molecular formula is C15H17N3OS. The van der Waals surface area contributed by atoms with Crippen molar-refractivity contribution in [2.45, 2.75) is 11.8 Å². The van der Waals surface area contributed by atoms with Crippen LogP contribution in [0.15, 0.2) is 38.7 Å². The maximum absolute atomic E-state index is 5.17. The van der Waals surface area contributed by atoms with Gasteiger partial charge >= 0.3 is 0 Å². The topological polar surface area (TPSA) is 41.6 Å². The van der Waals surface area contributed by atoms with Gasteiger partial charge in [-0.25, -0.2) is 0 Å². The first-order valence-electron chi connectivity index (χ1n) is 6.56. The highest BCUT2D eigenvalue weighted by molar-refractivity contribution is 7.98. The fraction of sp³-hybridized carbons (Fsp3) is 0.333.